The SMILES string of the molecule is NC1CCCN[C@H]1CO[C@H]1CC[C@@H](c2ccccc2C(F)(F)F)CC1. The summed E-state index contributed by atoms with van der Waals surface area (Å²) in [7, 11) is 0. The lowest BCUT2D eigenvalue weighted by Gasteiger charge is -2.34. The van der Waals surface area contributed by atoms with Gasteiger partial charge in [-0.3, -0.25) is 0 Å². The van der Waals surface area contributed by atoms with Crippen molar-refractivity contribution in [2.45, 2.75) is 68.8 Å². The average Bonchev–Trinajstić information content (AvgIpc) is 2.61. The molecule has 2 aliphatic rings. The van der Waals surface area contributed by atoms with Crippen LogP contribution < -0.4 is 11.1 Å². The summed E-state index contributed by atoms with van der Waals surface area (Å²) in [6.07, 6.45) is 1.04. The molecule has 3 nitrogen and oxygen atoms in total. The number of benzene rings is 1. The summed E-state index contributed by atoms with van der Waals surface area (Å²) in [6, 6.07) is 6.29. The quantitative estimate of drug-likeness (QED) is 0.862. The highest BCUT2D eigenvalue weighted by molar-refractivity contribution is 5.33. The molecule has 3 N–H and O–H groups in total. The fourth-order valence-corrected chi connectivity index (χ4v) is 4.05. The van der Waals surface area contributed by atoms with Gasteiger partial charge in [0.1, 0.15) is 0 Å². The maximum absolute atomic E-state index is 13.2. The van der Waals surface area contributed by atoms with Crippen molar-refractivity contribution in [1.82, 2.24) is 5.32 Å². The maximum Gasteiger partial charge on any atom is 0.416 e. The van der Waals surface area contributed by atoms with Gasteiger partial charge < -0.3 is 15.8 Å². The molecule has 0 bridgehead atoms. The van der Waals surface area contributed by atoms with E-state index in [2.05, 4.69) is 5.32 Å². The van der Waals surface area contributed by atoms with Gasteiger partial charge in [0, 0.05) is 12.1 Å². The Kier molecular flexibility index (Phi) is 6.02. The number of ether oxygens (including phenoxy) is 1. The molecule has 3 rings (SSSR count). The molecule has 0 aromatic heterocycles. The summed E-state index contributed by atoms with van der Waals surface area (Å²) in [5.74, 6) is -0.0345. The van der Waals surface area contributed by atoms with Gasteiger partial charge in [-0.2, -0.15) is 13.2 Å². The van der Waals surface area contributed by atoms with Crippen LogP contribution in [0.5, 0.6) is 0 Å². The van der Waals surface area contributed by atoms with Crippen molar-refractivity contribution in [3.05, 3.63) is 35.4 Å². The Morgan fingerprint density at radius 2 is 1.80 bits per heavy atom. The second kappa shape index (κ2) is 8.06. The van der Waals surface area contributed by atoms with Crippen molar-refractivity contribution in [1.29, 1.82) is 0 Å². The first-order chi connectivity index (χ1) is 11.9. The molecule has 1 saturated heterocycles. The average molecular weight is 356 g/mol. The zero-order chi connectivity index (χ0) is 17.9. The van der Waals surface area contributed by atoms with Gasteiger partial charge >= 0.3 is 6.18 Å². The topological polar surface area (TPSA) is 47.3 Å². The van der Waals surface area contributed by atoms with Gasteiger partial charge in [0.15, 0.2) is 0 Å². The molecule has 1 heterocycles. The molecule has 1 aliphatic heterocycles. The molecule has 1 aromatic carbocycles. The molecule has 0 spiro atoms. The summed E-state index contributed by atoms with van der Waals surface area (Å²) in [5, 5.41) is 3.39. The van der Waals surface area contributed by atoms with Gasteiger partial charge in [-0.1, -0.05) is 18.2 Å². The minimum absolute atomic E-state index is 0.0345. The van der Waals surface area contributed by atoms with Crippen LogP contribution in [0.2, 0.25) is 0 Å². The summed E-state index contributed by atoms with van der Waals surface area (Å²) in [5.41, 5.74) is 6.05. The number of hydrogen-bond donors (Lipinski definition) is 2. The Morgan fingerprint density at radius 3 is 2.48 bits per heavy atom. The number of nitrogens with one attached hydrogen (secondary N) is 1. The van der Waals surface area contributed by atoms with Crippen molar-refractivity contribution in [2.24, 2.45) is 5.73 Å². The molecule has 6 heteroatoms. The normalized spacial score (nSPS) is 31.0. The number of piperidine rings is 1. The van der Waals surface area contributed by atoms with Crippen LogP contribution in [0.15, 0.2) is 24.3 Å². The van der Waals surface area contributed by atoms with Crippen molar-refractivity contribution < 1.29 is 17.9 Å². The zero-order valence-electron chi connectivity index (χ0n) is 14.4. The monoisotopic (exact) mass is 356 g/mol. The Morgan fingerprint density at radius 1 is 1.08 bits per heavy atom. The Hall–Kier alpha value is -1.11. The molecule has 2 fully saturated rings. The van der Waals surface area contributed by atoms with E-state index in [1.165, 1.54) is 12.1 Å². The first-order valence-corrected chi connectivity index (χ1v) is 9.22. The predicted molar refractivity (Wildman–Crippen MR) is 91.4 cm³/mol. The Balaban J connectivity index is 1.52. The Labute approximate surface area is 147 Å². The van der Waals surface area contributed by atoms with Gasteiger partial charge in [0.25, 0.3) is 0 Å². The molecule has 0 amide bonds. The Bertz CT molecular complexity index is 556. The minimum Gasteiger partial charge on any atom is -0.377 e. The van der Waals surface area contributed by atoms with Gasteiger partial charge in [0.05, 0.1) is 18.3 Å². The van der Waals surface area contributed by atoms with E-state index >= 15 is 0 Å². The van der Waals surface area contributed by atoms with Crippen molar-refractivity contribution in [2.75, 3.05) is 13.2 Å². The van der Waals surface area contributed by atoms with E-state index in [-0.39, 0.29) is 24.1 Å². The van der Waals surface area contributed by atoms with Gasteiger partial charge in [-0.25, -0.2) is 0 Å². The maximum atomic E-state index is 13.2. The van der Waals surface area contributed by atoms with Gasteiger partial charge in [-0.15, -0.1) is 0 Å². The van der Waals surface area contributed by atoms with Crippen molar-refractivity contribution >= 4 is 0 Å². The molecule has 2 atom stereocenters. The van der Waals surface area contributed by atoms with Crippen LogP contribution in [0.25, 0.3) is 0 Å². The first-order valence-electron chi connectivity index (χ1n) is 9.22. The van der Waals surface area contributed by atoms with E-state index in [4.69, 9.17) is 10.5 Å². The molecule has 1 aliphatic carbocycles. The second-order valence-corrected chi connectivity index (χ2v) is 7.26. The lowest BCUT2D eigenvalue weighted by Crippen LogP contribution is -2.52. The number of nitrogens with two attached hydrogens (primary N) is 1. The molecular weight excluding hydrogens is 329 g/mol. The molecule has 140 valence electrons. The van der Waals surface area contributed by atoms with Gasteiger partial charge in [-0.05, 0) is 62.6 Å². The number of rotatable bonds is 4. The van der Waals surface area contributed by atoms with E-state index in [0.717, 1.165) is 45.1 Å². The van der Waals surface area contributed by atoms with Crippen LogP contribution in [0, 0.1) is 0 Å². The highest BCUT2D eigenvalue weighted by atomic mass is 19.4. The second-order valence-electron chi connectivity index (χ2n) is 7.26. The third-order valence-corrected chi connectivity index (χ3v) is 5.53. The molecule has 1 aromatic rings. The standard InChI is InChI=1S/C19H27F3N2O/c20-19(21,22)16-5-2-1-4-15(16)13-7-9-14(10-8-13)25-12-18-17(23)6-3-11-24-18/h1-2,4-5,13-14,17-18,24H,3,6-12,23H2/t13-,14+,17?,18-/m0/s1. The lowest BCUT2D eigenvalue weighted by molar-refractivity contribution is -0.138. The smallest absolute Gasteiger partial charge is 0.377 e. The minimum atomic E-state index is -4.28. The van der Waals surface area contributed by atoms with E-state index in [0.29, 0.717) is 12.2 Å². The highest BCUT2D eigenvalue weighted by Crippen LogP contribution is 2.41. The third-order valence-electron chi connectivity index (χ3n) is 5.53. The fraction of sp³-hybridized carbons (Fsp3) is 0.684. The first kappa shape index (κ1) is 18.7. The van der Waals surface area contributed by atoms with E-state index in [1.54, 1.807) is 12.1 Å². The highest BCUT2D eigenvalue weighted by Gasteiger charge is 2.36. The molecular formula is C19H27F3N2O. The summed E-state index contributed by atoms with van der Waals surface area (Å²) < 4.78 is 45.6. The zero-order valence-corrected chi connectivity index (χ0v) is 14.4. The fourth-order valence-electron chi connectivity index (χ4n) is 4.05. The molecule has 25 heavy (non-hydrogen) atoms. The van der Waals surface area contributed by atoms with Crippen molar-refractivity contribution in [3.63, 3.8) is 0 Å². The number of hydrogen-bond acceptors (Lipinski definition) is 3. The van der Waals surface area contributed by atoms with Crippen LogP contribution in [-0.4, -0.2) is 31.3 Å². The number of alkyl halides is 3. The van der Waals surface area contributed by atoms with Crippen LogP contribution in [-0.2, 0) is 10.9 Å². The summed E-state index contributed by atoms with van der Waals surface area (Å²) in [6.45, 7) is 1.57. The van der Waals surface area contributed by atoms with Crippen LogP contribution in [0.4, 0.5) is 13.2 Å². The van der Waals surface area contributed by atoms with E-state index < -0.39 is 11.7 Å². The molecule has 0 radical (unpaired) electrons. The molecule has 1 saturated carbocycles. The molecule has 1 unspecified atom stereocenters. The van der Waals surface area contributed by atoms with Gasteiger partial charge in [0.2, 0.25) is 0 Å². The predicted octanol–water partition coefficient (Wildman–Crippen LogP) is 3.83. The largest absolute Gasteiger partial charge is 0.416 e. The van der Waals surface area contributed by atoms with E-state index in [9.17, 15) is 13.2 Å². The lowest BCUT2D eigenvalue weighted by atomic mass is 9.81. The number of halogens is 3. The van der Waals surface area contributed by atoms with E-state index in [1.807, 2.05) is 0 Å². The van der Waals surface area contributed by atoms with Crippen molar-refractivity contribution in [3.8, 4) is 0 Å². The summed E-state index contributed by atoms with van der Waals surface area (Å²) in [4.78, 5) is 0. The van der Waals surface area contributed by atoms with Crippen LogP contribution in [0.3, 0.4) is 0 Å². The third kappa shape index (κ3) is 4.74. The van der Waals surface area contributed by atoms with Crippen LogP contribution in [0.1, 0.15) is 55.6 Å². The summed E-state index contributed by atoms with van der Waals surface area (Å²) >= 11 is 0. The van der Waals surface area contributed by atoms with Crippen LogP contribution >= 0.6 is 0 Å².